The highest BCUT2D eigenvalue weighted by Gasteiger charge is 2.08. The van der Waals surface area contributed by atoms with Crippen LogP contribution in [0, 0.1) is 12.8 Å². The highest BCUT2D eigenvalue weighted by molar-refractivity contribution is 5.21. The Morgan fingerprint density at radius 3 is 2.27 bits per heavy atom. The molecule has 0 aromatic heterocycles. The van der Waals surface area contributed by atoms with E-state index in [1.807, 2.05) is 0 Å². The van der Waals surface area contributed by atoms with E-state index in [1.54, 1.807) is 0 Å². The number of hydrogen-bond acceptors (Lipinski definition) is 1. The molecule has 0 unspecified atom stereocenters. The first-order valence-electron chi connectivity index (χ1n) is 5.92. The number of hydrogen-bond donors (Lipinski definition) is 1. The molecular formula is C14H23N. The average molecular weight is 205 g/mol. The van der Waals surface area contributed by atoms with E-state index in [0.29, 0.717) is 6.04 Å². The van der Waals surface area contributed by atoms with Crippen LogP contribution >= 0.6 is 0 Å². The second-order valence-electron chi connectivity index (χ2n) is 4.54. The van der Waals surface area contributed by atoms with Gasteiger partial charge in [-0.25, -0.2) is 0 Å². The smallest absolute Gasteiger partial charge is 0.0208 e. The zero-order chi connectivity index (χ0) is 11.3. The fraction of sp³-hybridized carbons (Fsp3) is 0.571. The summed E-state index contributed by atoms with van der Waals surface area (Å²) in [7, 11) is 0. The molecule has 0 aliphatic rings. The van der Waals surface area contributed by atoms with Crippen LogP contribution in [0.5, 0.6) is 0 Å². The summed E-state index contributed by atoms with van der Waals surface area (Å²) in [5.74, 6) is 0.746. The van der Waals surface area contributed by atoms with Gasteiger partial charge in [0.1, 0.15) is 0 Å². The van der Waals surface area contributed by atoms with Crippen molar-refractivity contribution in [2.24, 2.45) is 5.92 Å². The van der Waals surface area contributed by atoms with Crippen LogP contribution in [0.4, 0.5) is 0 Å². The molecule has 1 nitrogen and oxygen atoms in total. The second kappa shape index (κ2) is 5.92. The summed E-state index contributed by atoms with van der Waals surface area (Å²) >= 11 is 0. The predicted molar refractivity (Wildman–Crippen MR) is 66.9 cm³/mol. The Labute approximate surface area is 93.9 Å². The molecule has 0 fully saturated rings. The molecule has 0 bridgehead atoms. The Morgan fingerprint density at radius 1 is 1.13 bits per heavy atom. The average Bonchev–Trinajstić information content (AvgIpc) is 2.26. The molecule has 0 aliphatic carbocycles. The maximum Gasteiger partial charge on any atom is 0.0208 e. The molecule has 2 atom stereocenters. The summed E-state index contributed by atoms with van der Waals surface area (Å²) in [6.45, 7) is 9.91. The lowest BCUT2D eigenvalue weighted by Crippen LogP contribution is -2.31. The van der Waals surface area contributed by atoms with Gasteiger partial charge in [-0.3, -0.25) is 0 Å². The molecule has 0 amide bonds. The maximum atomic E-state index is 3.57. The second-order valence-corrected chi connectivity index (χ2v) is 4.54. The molecule has 1 aromatic carbocycles. The molecule has 0 saturated heterocycles. The van der Waals surface area contributed by atoms with Gasteiger partial charge in [-0.05, 0) is 25.3 Å². The van der Waals surface area contributed by atoms with Gasteiger partial charge in [-0.2, -0.15) is 0 Å². The number of aryl methyl sites for hydroxylation is 1. The molecule has 0 spiro atoms. The van der Waals surface area contributed by atoms with E-state index in [0.717, 1.165) is 12.5 Å². The molecule has 1 heteroatoms. The van der Waals surface area contributed by atoms with Crippen molar-refractivity contribution in [2.75, 3.05) is 0 Å². The van der Waals surface area contributed by atoms with E-state index in [1.165, 1.54) is 17.5 Å². The van der Waals surface area contributed by atoms with Crippen molar-refractivity contribution >= 4 is 0 Å². The third-order valence-electron chi connectivity index (χ3n) is 3.25. The van der Waals surface area contributed by atoms with Crippen molar-refractivity contribution in [3.05, 3.63) is 35.4 Å². The minimum atomic E-state index is 0.594. The Bertz CT molecular complexity index is 276. The summed E-state index contributed by atoms with van der Waals surface area (Å²) in [5, 5.41) is 3.57. The number of benzene rings is 1. The topological polar surface area (TPSA) is 12.0 Å². The van der Waals surface area contributed by atoms with E-state index in [4.69, 9.17) is 0 Å². The summed E-state index contributed by atoms with van der Waals surface area (Å²) in [6.07, 6.45) is 1.24. The monoisotopic (exact) mass is 205 g/mol. The minimum Gasteiger partial charge on any atom is -0.310 e. The summed E-state index contributed by atoms with van der Waals surface area (Å²) in [5.41, 5.74) is 2.70. The first-order chi connectivity index (χ1) is 7.13. The molecule has 1 N–H and O–H groups in total. The first kappa shape index (κ1) is 12.3. The molecule has 0 saturated carbocycles. The number of rotatable bonds is 5. The predicted octanol–water partition coefficient (Wildman–Crippen LogP) is 3.52. The third-order valence-corrected chi connectivity index (χ3v) is 3.25. The Hall–Kier alpha value is -0.820. The van der Waals surface area contributed by atoms with Crippen LogP contribution in [0.15, 0.2) is 24.3 Å². The van der Waals surface area contributed by atoms with Gasteiger partial charge in [0.2, 0.25) is 0 Å². The van der Waals surface area contributed by atoms with E-state index in [2.05, 4.69) is 57.3 Å². The highest BCUT2D eigenvalue weighted by atomic mass is 14.9. The van der Waals surface area contributed by atoms with E-state index in [-0.39, 0.29) is 0 Å². The lowest BCUT2D eigenvalue weighted by Gasteiger charge is -2.19. The quantitative estimate of drug-likeness (QED) is 0.775. The van der Waals surface area contributed by atoms with Crippen molar-refractivity contribution < 1.29 is 0 Å². The van der Waals surface area contributed by atoms with Crippen LogP contribution in [-0.2, 0) is 6.54 Å². The molecule has 15 heavy (non-hydrogen) atoms. The minimum absolute atomic E-state index is 0.594. The fourth-order valence-electron chi connectivity index (χ4n) is 1.54. The van der Waals surface area contributed by atoms with Gasteiger partial charge >= 0.3 is 0 Å². The van der Waals surface area contributed by atoms with Gasteiger partial charge in [0, 0.05) is 12.6 Å². The Morgan fingerprint density at radius 2 is 1.73 bits per heavy atom. The van der Waals surface area contributed by atoms with Gasteiger partial charge in [-0.15, -0.1) is 0 Å². The highest BCUT2D eigenvalue weighted by Crippen LogP contribution is 2.08. The summed E-state index contributed by atoms with van der Waals surface area (Å²) in [6, 6.07) is 9.34. The van der Waals surface area contributed by atoms with Crippen molar-refractivity contribution in [1.29, 1.82) is 0 Å². The van der Waals surface area contributed by atoms with E-state index in [9.17, 15) is 0 Å². The summed E-state index contributed by atoms with van der Waals surface area (Å²) in [4.78, 5) is 0. The molecule has 0 radical (unpaired) electrons. The standard InChI is InChI=1S/C14H23N/c1-5-12(3)13(4)15-10-14-8-6-11(2)7-9-14/h6-9,12-13,15H,5,10H2,1-4H3/t12-,13-/m0/s1. The molecule has 0 heterocycles. The molecular weight excluding hydrogens is 182 g/mol. The van der Waals surface area contributed by atoms with Crippen LogP contribution in [-0.4, -0.2) is 6.04 Å². The zero-order valence-corrected chi connectivity index (χ0v) is 10.4. The first-order valence-corrected chi connectivity index (χ1v) is 5.92. The SMILES string of the molecule is CC[C@H](C)[C@H](C)NCc1ccc(C)cc1. The van der Waals surface area contributed by atoms with Gasteiger partial charge < -0.3 is 5.32 Å². The largest absolute Gasteiger partial charge is 0.310 e. The van der Waals surface area contributed by atoms with E-state index < -0.39 is 0 Å². The van der Waals surface area contributed by atoms with E-state index >= 15 is 0 Å². The normalized spacial score (nSPS) is 14.9. The van der Waals surface area contributed by atoms with Crippen LogP contribution in [0.1, 0.15) is 38.3 Å². The molecule has 1 rings (SSSR count). The van der Waals surface area contributed by atoms with Crippen LogP contribution < -0.4 is 5.32 Å². The van der Waals surface area contributed by atoms with Crippen molar-refractivity contribution in [3.8, 4) is 0 Å². The maximum absolute atomic E-state index is 3.57. The fourth-order valence-corrected chi connectivity index (χ4v) is 1.54. The van der Waals surface area contributed by atoms with Gasteiger partial charge in [0.25, 0.3) is 0 Å². The van der Waals surface area contributed by atoms with Crippen molar-refractivity contribution in [1.82, 2.24) is 5.32 Å². The zero-order valence-electron chi connectivity index (χ0n) is 10.4. The van der Waals surface area contributed by atoms with Crippen LogP contribution in [0.3, 0.4) is 0 Å². The third kappa shape index (κ3) is 4.05. The lowest BCUT2D eigenvalue weighted by atomic mass is 10.0. The van der Waals surface area contributed by atoms with Crippen molar-refractivity contribution in [3.63, 3.8) is 0 Å². The molecule has 0 aliphatic heterocycles. The summed E-state index contributed by atoms with van der Waals surface area (Å²) < 4.78 is 0. The molecule has 84 valence electrons. The van der Waals surface area contributed by atoms with Crippen LogP contribution in [0.2, 0.25) is 0 Å². The lowest BCUT2D eigenvalue weighted by molar-refractivity contribution is 0.389. The Kier molecular flexibility index (Phi) is 4.83. The number of nitrogens with one attached hydrogen (secondary N) is 1. The Balaban J connectivity index is 2.40. The molecule has 1 aromatic rings. The van der Waals surface area contributed by atoms with Gasteiger partial charge in [0.15, 0.2) is 0 Å². The van der Waals surface area contributed by atoms with Gasteiger partial charge in [-0.1, -0.05) is 50.1 Å². The van der Waals surface area contributed by atoms with Gasteiger partial charge in [0.05, 0.1) is 0 Å². The van der Waals surface area contributed by atoms with Crippen molar-refractivity contribution in [2.45, 2.75) is 46.7 Å². The van der Waals surface area contributed by atoms with Crippen LogP contribution in [0.25, 0.3) is 0 Å².